The molecule has 0 heterocycles. The van der Waals surface area contributed by atoms with Crippen LogP contribution in [0, 0.1) is 12.7 Å². The third-order valence-corrected chi connectivity index (χ3v) is 5.32. The Labute approximate surface area is 165 Å². The van der Waals surface area contributed by atoms with Gasteiger partial charge in [0.15, 0.2) is 0 Å². The van der Waals surface area contributed by atoms with Gasteiger partial charge in [-0.2, -0.15) is 0 Å². The molecule has 0 bridgehead atoms. The van der Waals surface area contributed by atoms with E-state index in [1.807, 2.05) is 31.2 Å². The van der Waals surface area contributed by atoms with Gasteiger partial charge in [-0.1, -0.05) is 29.8 Å². The number of benzene rings is 2. The van der Waals surface area contributed by atoms with Crippen LogP contribution in [0.25, 0.3) is 0 Å². The summed E-state index contributed by atoms with van der Waals surface area (Å²) >= 11 is 0. The van der Waals surface area contributed by atoms with Crippen molar-refractivity contribution in [1.29, 1.82) is 0 Å². The Morgan fingerprint density at radius 1 is 1.14 bits per heavy atom. The minimum atomic E-state index is -3.88. The number of hydrogen-bond donors (Lipinski definition) is 1. The van der Waals surface area contributed by atoms with Gasteiger partial charge in [-0.05, 0) is 45.0 Å². The predicted octanol–water partition coefficient (Wildman–Crippen LogP) is 2.87. The fourth-order valence-corrected chi connectivity index (χ4v) is 3.85. The van der Waals surface area contributed by atoms with Crippen molar-refractivity contribution in [1.82, 2.24) is 5.32 Å². The van der Waals surface area contributed by atoms with Crippen LogP contribution in [0.2, 0.25) is 0 Å². The first kappa shape index (κ1) is 21.7. The van der Waals surface area contributed by atoms with E-state index in [0.29, 0.717) is 5.75 Å². The van der Waals surface area contributed by atoms with Crippen LogP contribution >= 0.6 is 0 Å². The number of halogens is 1. The summed E-state index contributed by atoms with van der Waals surface area (Å²) in [5.41, 5.74) is 0.938. The lowest BCUT2D eigenvalue weighted by Crippen LogP contribution is -2.51. The Morgan fingerprint density at radius 3 is 2.32 bits per heavy atom. The third kappa shape index (κ3) is 5.69. The van der Waals surface area contributed by atoms with Crippen LogP contribution in [0.3, 0.4) is 0 Å². The van der Waals surface area contributed by atoms with E-state index in [9.17, 15) is 17.6 Å². The normalized spacial score (nSPS) is 13.5. The van der Waals surface area contributed by atoms with Crippen LogP contribution in [0.4, 0.5) is 10.1 Å². The highest BCUT2D eigenvalue weighted by Crippen LogP contribution is 2.24. The molecule has 2 aromatic rings. The number of hydrogen-bond acceptors (Lipinski definition) is 4. The fourth-order valence-electron chi connectivity index (χ4n) is 2.67. The van der Waals surface area contributed by atoms with Crippen LogP contribution < -0.4 is 14.4 Å². The van der Waals surface area contributed by atoms with Gasteiger partial charge in [0.05, 0.1) is 18.0 Å². The van der Waals surface area contributed by atoms with E-state index in [1.165, 1.54) is 25.1 Å². The summed E-state index contributed by atoms with van der Waals surface area (Å²) in [4.78, 5) is 12.6. The van der Waals surface area contributed by atoms with Crippen LogP contribution in [0.1, 0.15) is 19.4 Å². The minimum Gasteiger partial charge on any atom is -0.491 e. The molecule has 0 aromatic heterocycles. The number of carbonyl (C=O) groups is 1. The maximum absolute atomic E-state index is 14.1. The Hall–Kier alpha value is -2.61. The minimum absolute atomic E-state index is 0.170. The Morgan fingerprint density at radius 2 is 1.75 bits per heavy atom. The lowest BCUT2D eigenvalue weighted by Gasteiger charge is -2.29. The third-order valence-electron chi connectivity index (χ3n) is 4.09. The highest BCUT2D eigenvalue weighted by Gasteiger charge is 2.31. The molecule has 0 radical (unpaired) electrons. The molecule has 0 unspecified atom stereocenters. The first-order valence-electron chi connectivity index (χ1n) is 8.83. The number of aryl methyl sites for hydroxylation is 1. The Balaban J connectivity index is 2.06. The van der Waals surface area contributed by atoms with Gasteiger partial charge in [0, 0.05) is 0 Å². The molecule has 0 fully saturated rings. The molecule has 0 aliphatic rings. The fraction of sp³-hybridized carbons (Fsp3) is 0.350. The second kappa shape index (κ2) is 9.05. The van der Waals surface area contributed by atoms with Crippen molar-refractivity contribution in [3.8, 4) is 5.75 Å². The zero-order valence-electron chi connectivity index (χ0n) is 16.3. The van der Waals surface area contributed by atoms with Gasteiger partial charge in [-0.3, -0.25) is 9.10 Å². The van der Waals surface area contributed by atoms with Crippen LogP contribution in [-0.2, 0) is 14.8 Å². The van der Waals surface area contributed by atoms with Crippen molar-refractivity contribution in [3.63, 3.8) is 0 Å². The highest BCUT2D eigenvalue weighted by molar-refractivity contribution is 7.92. The lowest BCUT2D eigenvalue weighted by molar-refractivity contribution is -0.122. The summed E-state index contributed by atoms with van der Waals surface area (Å²) in [6.45, 7) is 5.33. The monoisotopic (exact) mass is 408 g/mol. The van der Waals surface area contributed by atoms with E-state index in [4.69, 9.17) is 4.74 Å². The number of amides is 1. The van der Waals surface area contributed by atoms with Gasteiger partial charge in [0.1, 0.15) is 24.2 Å². The quantitative estimate of drug-likeness (QED) is 0.729. The van der Waals surface area contributed by atoms with Gasteiger partial charge in [0.2, 0.25) is 15.9 Å². The molecule has 1 N–H and O–H groups in total. The summed E-state index contributed by atoms with van der Waals surface area (Å²) in [6.07, 6.45) is 0.938. The zero-order chi connectivity index (χ0) is 20.9. The molecule has 0 aliphatic heterocycles. The SMILES string of the molecule is Cc1ccc(OC[C@H](C)NC(=O)[C@@H](C)N(c2ccccc2F)S(C)(=O)=O)cc1. The van der Waals surface area contributed by atoms with Gasteiger partial charge in [-0.25, -0.2) is 12.8 Å². The van der Waals surface area contributed by atoms with Gasteiger partial charge in [-0.15, -0.1) is 0 Å². The maximum atomic E-state index is 14.1. The second-order valence-corrected chi connectivity index (χ2v) is 8.58. The molecular formula is C20H25FN2O4S. The number of nitrogens with one attached hydrogen (secondary N) is 1. The van der Waals surface area contributed by atoms with Crippen molar-refractivity contribution in [2.24, 2.45) is 0 Å². The molecule has 2 atom stereocenters. The van der Waals surface area contributed by atoms with Crippen molar-refractivity contribution in [2.75, 3.05) is 17.2 Å². The average Bonchev–Trinajstić information content (AvgIpc) is 2.62. The molecule has 8 heteroatoms. The number of para-hydroxylation sites is 1. The second-order valence-electron chi connectivity index (χ2n) is 6.72. The van der Waals surface area contributed by atoms with Crippen molar-refractivity contribution in [3.05, 3.63) is 59.9 Å². The summed E-state index contributed by atoms with van der Waals surface area (Å²) in [5, 5.41) is 2.71. The average molecular weight is 408 g/mol. The number of carbonyl (C=O) groups excluding carboxylic acids is 1. The van der Waals surface area contributed by atoms with Crippen molar-refractivity contribution >= 4 is 21.6 Å². The van der Waals surface area contributed by atoms with Gasteiger partial charge in [0.25, 0.3) is 0 Å². The molecule has 0 spiro atoms. The molecule has 6 nitrogen and oxygen atoms in total. The smallest absolute Gasteiger partial charge is 0.243 e. The van der Waals surface area contributed by atoms with Gasteiger partial charge < -0.3 is 10.1 Å². The van der Waals surface area contributed by atoms with Crippen molar-refractivity contribution in [2.45, 2.75) is 32.9 Å². The van der Waals surface area contributed by atoms with E-state index < -0.39 is 27.8 Å². The summed E-state index contributed by atoms with van der Waals surface area (Å²) < 4.78 is 45.0. The molecule has 28 heavy (non-hydrogen) atoms. The van der Waals surface area contributed by atoms with E-state index in [-0.39, 0.29) is 18.3 Å². The van der Waals surface area contributed by atoms with Crippen LogP contribution in [0.5, 0.6) is 5.75 Å². The lowest BCUT2D eigenvalue weighted by atomic mass is 10.2. The van der Waals surface area contributed by atoms with E-state index >= 15 is 0 Å². The molecule has 152 valence electrons. The number of sulfonamides is 1. The van der Waals surface area contributed by atoms with Crippen LogP contribution in [-0.4, -0.2) is 39.3 Å². The Bertz CT molecular complexity index is 916. The standard InChI is InChI=1S/C20H25FN2O4S/c1-14-9-11-17(12-10-14)27-13-15(2)22-20(24)16(3)23(28(4,25)26)19-8-6-5-7-18(19)21/h5-12,15-16H,13H2,1-4H3,(H,22,24)/t15-,16+/m0/s1. The highest BCUT2D eigenvalue weighted by atomic mass is 32.2. The molecular weight excluding hydrogens is 383 g/mol. The van der Waals surface area contributed by atoms with Crippen LogP contribution in [0.15, 0.2) is 48.5 Å². The van der Waals surface area contributed by atoms with Crippen molar-refractivity contribution < 1.29 is 22.3 Å². The maximum Gasteiger partial charge on any atom is 0.243 e. The Kier molecular flexibility index (Phi) is 7.01. The molecule has 2 aromatic carbocycles. The van der Waals surface area contributed by atoms with Gasteiger partial charge >= 0.3 is 0 Å². The molecule has 2 rings (SSSR count). The molecule has 0 saturated heterocycles. The number of ether oxygens (including phenoxy) is 1. The number of rotatable bonds is 8. The number of anilines is 1. The summed E-state index contributed by atoms with van der Waals surface area (Å²) in [5.74, 6) is -0.596. The van der Waals surface area contributed by atoms with E-state index in [1.54, 1.807) is 6.92 Å². The summed E-state index contributed by atoms with van der Waals surface area (Å²) in [6, 6.07) is 11.4. The number of nitrogens with zero attached hydrogens (tertiary/aromatic N) is 1. The largest absolute Gasteiger partial charge is 0.491 e. The molecule has 0 aliphatic carbocycles. The predicted molar refractivity (Wildman–Crippen MR) is 107 cm³/mol. The zero-order valence-corrected chi connectivity index (χ0v) is 17.2. The first-order chi connectivity index (χ1) is 13.1. The molecule has 0 saturated carbocycles. The van der Waals surface area contributed by atoms with E-state index in [2.05, 4.69) is 5.32 Å². The topological polar surface area (TPSA) is 75.7 Å². The first-order valence-corrected chi connectivity index (χ1v) is 10.7. The molecule has 1 amide bonds. The summed E-state index contributed by atoms with van der Waals surface area (Å²) in [7, 11) is -3.88. The van der Waals surface area contributed by atoms with E-state index in [0.717, 1.165) is 22.2 Å².